The fourth-order valence-corrected chi connectivity index (χ4v) is 3.72. The first kappa shape index (κ1) is 24.5. The molecule has 0 aliphatic heterocycles. The maximum atomic E-state index is 13.0. The molecule has 0 aromatic heterocycles. The molecule has 0 heterocycles. The molecule has 32 heavy (non-hydrogen) atoms. The first-order chi connectivity index (χ1) is 15.3. The van der Waals surface area contributed by atoms with Crippen LogP contribution in [-0.2, 0) is 20.3 Å². The topological polar surface area (TPSA) is 143 Å². The predicted octanol–water partition coefficient (Wildman–Crippen LogP) is 2.63. The summed E-state index contributed by atoms with van der Waals surface area (Å²) < 4.78 is 17.6. The highest BCUT2D eigenvalue weighted by molar-refractivity contribution is 7.85. The molecule has 10 nitrogen and oxygen atoms in total. The van der Waals surface area contributed by atoms with Crippen molar-refractivity contribution in [3.05, 3.63) is 48.5 Å². The summed E-state index contributed by atoms with van der Waals surface area (Å²) in [7, 11) is -0.351. The highest BCUT2D eigenvalue weighted by Crippen LogP contribution is 2.32. The molecule has 4 N–H and O–H groups in total. The zero-order valence-electron chi connectivity index (χ0n) is 18.0. The molecule has 0 radical (unpaired) electrons. The molecule has 170 valence electrons. The summed E-state index contributed by atoms with van der Waals surface area (Å²) in [6.45, 7) is 3.56. The number of benzene rings is 2. The van der Waals surface area contributed by atoms with Gasteiger partial charge in [-0.25, -0.2) is 18.8 Å². The highest BCUT2D eigenvalue weighted by Gasteiger charge is 2.19. The van der Waals surface area contributed by atoms with Gasteiger partial charge in [0.25, 0.3) is 0 Å². The van der Waals surface area contributed by atoms with E-state index in [1.807, 2.05) is 6.07 Å². The van der Waals surface area contributed by atoms with Gasteiger partial charge in [-0.15, -0.1) is 0 Å². The van der Waals surface area contributed by atoms with E-state index in [4.69, 9.17) is 5.73 Å². The van der Waals surface area contributed by atoms with E-state index in [0.717, 1.165) is 0 Å². The number of carbonyl (C=O) groups excluding carboxylic acids is 3. The second-order valence-corrected chi connectivity index (χ2v) is 7.77. The minimum absolute atomic E-state index is 0.145. The maximum absolute atomic E-state index is 13.0. The number of amides is 4. The van der Waals surface area contributed by atoms with Gasteiger partial charge in [0.15, 0.2) is 0 Å². The van der Waals surface area contributed by atoms with Crippen LogP contribution in [0.3, 0.4) is 0 Å². The molecule has 1 atom stereocenters. The van der Waals surface area contributed by atoms with E-state index in [9.17, 15) is 18.6 Å². The van der Waals surface area contributed by atoms with Crippen molar-refractivity contribution in [3.63, 3.8) is 0 Å². The first-order valence-electron chi connectivity index (χ1n) is 9.72. The number of aliphatic imine (C=N–C) groups is 1. The largest absolute Gasteiger partial charge is 0.453 e. The van der Waals surface area contributed by atoms with Gasteiger partial charge in [0.2, 0.25) is 11.9 Å². The van der Waals surface area contributed by atoms with Gasteiger partial charge >= 0.3 is 12.1 Å². The molecular weight excluding hydrogens is 434 g/mol. The molecule has 11 heteroatoms. The third-order valence-corrected chi connectivity index (χ3v) is 5.59. The Morgan fingerprint density at radius 2 is 1.75 bits per heavy atom. The van der Waals surface area contributed by atoms with Crippen LogP contribution in [0.25, 0.3) is 0 Å². The fourth-order valence-electron chi connectivity index (χ4n) is 2.63. The summed E-state index contributed by atoms with van der Waals surface area (Å²) in [5.74, 6) is -0.590. The van der Waals surface area contributed by atoms with Gasteiger partial charge in [0.05, 0.1) is 29.3 Å². The Kier molecular flexibility index (Phi) is 8.90. The maximum Gasteiger partial charge on any atom is 0.413 e. The highest BCUT2D eigenvalue weighted by atomic mass is 32.2. The summed E-state index contributed by atoms with van der Waals surface area (Å²) >= 11 is 0. The van der Waals surface area contributed by atoms with E-state index in [1.165, 1.54) is 24.1 Å². The van der Waals surface area contributed by atoms with Gasteiger partial charge < -0.3 is 10.5 Å². The van der Waals surface area contributed by atoms with Gasteiger partial charge in [-0.05, 0) is 37.3 Å². The molecule has 4 amide bonds. The standard InChI is InChI=1S/C21H25N5O5S/c1-4-18(27)24-20(25-21(29)31-3)23-16-12-11-15(13-17(16)26(5-2)19(22)28)32(30)14-9-7-6-8-10-14/h6-13H,4-5H2,1-3H3,(H2,22,28)(H2,23,24,25,27,29). The SMILES string of the molecule is CCC(=O)NC(=Nc1ccc(S(=O)c2ccccc2)cc1N(CC)C(N)=O)NC(=O)OC. The average Bonchev–Trinajstić information content (AvgIpc) is 2.80. The number of hydrogen-bond acceptors (Lipinski definition) is 6. The van der Waals surface area contributed by atoms with Gasteiger partial charge in [-0.2, -0.15) is 0 Å². The number of nitrogens with two attached hydrogens (primary N) is 1. The zero-order valence-corrected chi connectivity index (χ0v) is 18.8. The minimum Gasteiger partial charge on any atom is -0.453 e. The monoisotopic (exact) mass is 459 g/mol. The third kappa shape index (κ3) is 6.38. The van der Waals surface area contributed by atoms with Gasteiger partial charge in [0, 0.05) is 22.8 Å². The van der Waals surface area contributed by atoms with Crippen molar-refractivity contribution in [2.75, 3.05) is 18.6 Å². The number of guanidine groups is 1. The van der Waals surface area contributed by atoms with Crippen molar-refractivity contribution in [1.29, 1.82) is 0 Å². The van der Waals surface area contributed by atoms with Crippen LogP contribution in [0, 0.1) is 0 Å². The van der Waals surface area contributed by atoms with E-state index >= 15 is 0 Å². The zero-order chi connectivity index (χ0) is 23.7. The Hall–Kier alpha value is -3.73. The lowest BCUT2D eigenvalue weighted by molar-refractivity contribution is -0.119. The lowest BCUT2D eigenvalue weighted by Crippen LogP contribution is -2.43. The number of anilines is 1. The minimum atomic E-state index is -1.52. The van der Waals surface area contributed by atoms with E-state index in [1.54, 1.807) is 44.2 Å². The van der Waals surface area contributed by atoms with Crippen LogP contribution in [0.4, 0.5) is 21.0 Å². The van der Waals surface area contributed by atoms with Crippen molar-refractivity contribution in [2.45, 2.75) is 30.1 Å². The van der Waals surface area contributed by atoms with Crippen LogP contribution in [-0.4, -0.2) is 41.9 Å². The van der Waals surface area contributed by atoms with Crippen LogP contribution >= 0.6 is 0 Å². The second kappa shape index (κ2) is 11.6. The number of carbonyl (C=O) groups is 3. The van der Waals surface area contributed by atoms with E-state index in [2.05, 4.69) is 20.4 Å². The summed E-state index contributed by atoms with van der Waals surface area (Å²) in [5.41, 5.74) is 6.00. The van der Waals surface area contributed by atoms with Gasteiger partial charge in [-0.1, -0.05) is 25.1 Å². The summed E-state index contributed by atoms with van der Waals surface area (Å²) in [6, 6.07) is 12.7. The molecular formula is C21H25N5O5S. The van der Waals surface area contributed by atoms with E-state index in [0.29, 0.717) is 9.79 Å². The number of alkyl carbamates (subject to hydrolysis) is 1. The molecule has 0 aliphatic carbocycles. The smallest absolute Gasteiger partial charge is 0.413 e. The van der Waals surface area contributed by atoms with Crippen LogP contribution in [0.5, 0.6) is 0 Å². The Balaban J connectivity index is 2.59. The van der Waals surface area contributed by atoms with Crippen molar-refractivity contribution in [1.82, 2.24) is 10.6 Å². The van der Waals surface area contributed by atoms with Crippen molar-refractivity contribution < 1.29 is 23.3 Å². The molecule has 0 fully saturated rings. The Morgan fingerprint density at radius 3 is 2.31 bits per heavy atom. The van der Waals surface area contributed by atoms with Crippen molar-refractivity contribution in [3.8, 4) is 0 Å². The van der Waals surface area contributed by atoms with E-state index in [-0.39, 0.29) is 30.3 Å². The molecule has 0 spiro atoms. The van der Waals surface area contributed by atoms with Gasteiger partial charge in [-0.3, -0.25) is 20.3 Å². The number of ether oxygens (including phenoxy) is 1. The van der Waals surface area contributed by atoms with Crippen LogP contribution in [0.1, 0.15) is 20.3 Å². The summed E-state index contributed by atoms with van der Waals surface area (Å²) in [4.78, 5) is 42.1. The normalized spacial score (nSPS) is 11.9. The average molecular weight is 460 g/mol. The Morgan fingerprint density at radius 1 is 1.06 bits per heavy atom. The number of urea groups is 1. The van der Waals surface area contributed by atoms with Gasteiger partial charge in [0.1, 0.15) is 0 Å². The molecule has 0 saturated heterocycles. The number of rotatable bonds is 6. The van der Waals surface area contributed by atoms with Crippen LogP contribution in [0.2, 0.25) is 0 Å². The molecule has 2 aromatic carbocycles. The number of methoxy groups -OCH3 is 1. The first-order valence-corrected chi connectivity index (χ1v) is 10.9. The third-order valence-electron chi connectivity index (χ3n) is 4.21. The van der Waals surface area contributed by atoms with Crippen molar-refractivity contribution >= 4 is 46.2 Å². The Bertz CT molecular complexity index is 1020. The molecule has 2 aromatic rings. The molecule has 0 aliphatic rings. The second-order valence-electron chi connectivity index (χ2n) is 6.29. The molecule has 0 saturated carbocycles. The summed E-state index contributed by atoms with van der Waals surface area (Å²) in [6.07, 6.45) is -0.697. The Labute approximate surface area is 188 Å². The lowest BCUT2D eigenvalue weighted by Gasteiger charge is -2.21. The number of nitrogens with zero attached hydrogens (tertiary/aromatic N) is 2. The number of nitrogens with one attached hydrogen (secondary N) is 2. The lowest BCUT2D eigenvalue weighted by atomic mass is 10.2. The van der Waals surface area contributed by atoms with E-state index < -0.39 is 28.8 Å². The number of primary amides is 1. The van der Waals surface area contributed by atoms with Crippen molar-refractivity contribution in [2.24, 2.45) is 10.7 Å². The summed E-state index contributed by atoms with van der Waals surface area (Å²) in [5, 5.41) is 4.78. The van der Waals surface area contributed by atoms with Crippen LogP contribution < -0.4 is 21.3 Å². The molecule has 1 unspecified atom stereocenters. The molecule has 0 bridgehead atoms. The quantitative estimate of drug-likeness (QED) is 0.449. The predicted molar refractivity (Wildman–Crippen MR) is 121 cm³/mol. The fraction of sp³-hybridized carbons (Fsp3) is 0.238. The number of hydrogen-bond donors (Lipinski definition) is 3. The van der Waals surface area contributed by atoms with Crippen LogP contribution in [0.15, 0.2) is 63.3 Å². The molecule has 2 rings (SSSR count).